The molecular formula is C25H26N2O5S. The summed E-state index contributed by atoms with van der Waals surface area (Å²) in [6.45, 7) is 4.55. The van der Waals surface area contributed by atoms with Gasteiger partial charge in [0.2, 0.25) is 5.91 Å². The summed E-state index contributed by atoms with van der Waals surface area (Å²) in [6, 6.07) is 13.5. The average Bonchev–Trinajstić information content (AvgIpc) is 3.23. The molecule has 33 heavy (non-hydrogen) atoms. The highest BCUT2D eigenvalue weighted by atomic mass is 32.1. The second-order valence-electron chi connectivity index (χ2n) is 7.07. The van der Waals surface area contributed by atoms with Crippen LogP contribution < -0.4 is 14.8 Å². The van der Waals surface area contributed by atoms with Crippen molar-refractivity contribution in [2.24, 2.45) is 0 Å². The molecule has 3 aromatic rings. The Labute approximate surface area is 197 Å². The summed E-state index contributed by atoms with van der Waals surface area (Å²) in [5.74, 6) is 0.528. The van der Waals surface area contributed by atoms with Crippen LogP contribution in [0.25, 0.3) is 6.08 Å². The number of nitrogens with one attached hydrogen (secondary N) is 1. The molecule has 8 heteroatoms. The van der Waals surface area contributed by atoms with Crippen molar-refractivity contribution in [1.82, 2.24) is 4.98 Å². The first-order chi connectivity index (χ1) is 16.0. The number of carbonyl (C=O) groups is 2. The van der Waals surface area contributed by atoms with Gasteiger partial charge >= 0.3 is 5.97 Å². The SMILES string of the molecule is CCOC(=O)Cc1csc(NC(=O)C=Cc2ccc(OCc3ccccc3C)c(OC)c2)n1. The largest absolute Gasteiger partial charge is 0.493 e. The maximum atomic E-state index is 12.3. The smallest absolute Gasteiger partial charge is 0.311 e. The van der Waals surface area contributed by atoms with E-state index in [2.05, 4.69) is 10.3 Å². The monoisotopic (exact) mass is 466 g/mol. The number of esters is 1. The highest BCUT2D eigenvalue weighted by Crippen LogP contribution is 2.29. The number of aryl methyl sites for hydroxylation is 1. The van der Waals surface area contributed by atoms with Gasteiger partial charge in [0.05, 0.1) is 25.8 Å². The minimum Gasteiger partial charge on any atom is -0.493 e. The van der Waals surface area contributed by atoms with Crippen LogP contribution in [0.2, 0.25) is 0 Å². The number of amides is 1. The molecule has 0 saturated heterocycles. The molecule has 2 aromatic carbocycles. The first kappa shape index (κ1) is 24.0. The number of carbonyl (C=O) groups excluding carboxylic acids is 2. The lowest BCUT2D eigenvalue weighted by Gasteiger charge is -2.12. The Morgan fingerprint density at radius 2 is 1.97 bits per heavy atom. The van der Waals surface area contributed by atoms with Crippen LogP contribution in [-0.4, -0.2) is 30.6 Å². The van der Waals surface area contributed by atoms with Gasteiger partial charge in [-0.05, 0) is 48.7 Å². The van der Waals surface area contributed by atoms with E-state index in [0.717, 1.165) is 16.7 Å². The second kappa shape index (κ2) is 11.8. The van der Waals surface area contributed by atoms with Gasteiger partial charge in [-0.15, -0.1) is 11.3 Å². The lowest BCUT2D eigenvalue weighted by atomic mass is 10.1. The van der Waals surface area contributed by atoms with Crippen molar-refractivity contribution in [2.75, 3.05) is 19.0 Å². The average molecular weight is 467 g/mol. The van der Waals surface area contributed by atoms with Crippen LogP contribution in [0.1, 0.15) is 29.3 Å². The van der Waals surface area contributed by atoms with E-state index in [-0.39, 0.29) is 18.3 Å². The molecular weight excluding hydrogens is 440 g/mol. The zero-order valence-electron chi connectivity index (χ0n) is 18.8. The third kappa shape index (κ3) is 7.18. The van der Waals surface area contributed by atoms with Crippen molar-refractivity contribution < 1.29 is 23.8 Å². The van der Waals surface area contributed by atoms with Crippen LogP contribution >= 0.6 is 11.3 Å². The maximum absolute atomic E-state index is 12.3. The molecule has 0 aliphatic rings. The minimum absolute atomic E-state index is 0.0775. The predicted molar refractivity (Wildman–Crippen MR) is 129 cm³/mol. The van der Waals surface area contributed by atoms with E-state index in [0.29, 0.717) is 35.5 Å². The Morgan fingerprint density at radius 3 is 2.73 bits per heavy atom. The summed E-state index contributed by atoms with van der Waals surface area (Å²) >= 11 is 1.25. The van der Waals surface area contributed by atoms with Crippen molar-refractivity contribution in [3.05, 3.63) is 76.3 Å². The number of thiazole rings is 1. The van der Waals surface area contributed by atoms with Crippen molar-refractivity contribution >= 4 is 34.4 Å². The first-order valence-electron chi connectivity index (χ1n) is 10.4. The molecule has 1 heterocycles. The summed E-state index contributed by atoms with van der Waals surface area (Å²) in [6.07, 6.45) is 3.17. The van der Waals surface area contributed by atoms with Gasteiger partial charge in [0.15, 0.2) is 16.6 Å². The van der Waals surface area contributed by atoms with Gasteiger partial charge in [0.1, 0.15) is 6.61 Å². The molecule has 0 aliphatic heterocycles. The van der Waals surface area contributed by atoms with Crippen molar-refractivity contribution in [2.45, 2.75) is 26.9 Å². The number of nitrogens with zero attached hydrogens (tertiary/aromatic N) is 1. The van der Waals surface area contributed by atoms with Crippen LogP contribution in [0.5, 0.6) is 11.5 Å². The normalized spacial score (nSPS) is 10.8. The van der Waals surface area contributed by atoms with Gasteiger partial charge < -0.3 is 14.2 Å². The Balaban J connectivity index is 1.58. The van der Waals surface area contributed by atoms with E-state index in [1.54, 1.807) is 31.6 Å². The van der Waals surface area contributed by atoms with Gasteiger partial charge in [0, 0.05) is 11.5 Å². The molecule has 0 atom stereocenters. The number of methoxy groups -OCH3 is 1. The number of benzene rings is 2. The summed E-state index contributed by atoms with van der Waals surface area (Å²) < 4.78 is 16.3. The van der Waals surface area contributed by atoms with Crippen LogP contribution in [0.3, 0.4) is 0 Å². The Bertz CT molecular complexity index is 1140. The van der Waals surface area contributed by atoms with Crippen LogP contribution in [0, 0.1) is 6.92 Å². The Kier molecular flexibility index (Phi) is 8.60. The molecule has 172 valence electrons. The number of ether oxygens (including phenoxy) is 3. The number of hydrogen-bond donors (Lipinski definition) is 1. The first-order valence-corrected chi connectivity index (χ1v) is 11.3. The fourth-order valence-corrected chi connectivity index (χ4v) is 3.67. The standard InChI is InChI=1S/C25H26N2O5S/c1-4-31-24(29)14-20-16-33-25(26-20)27-23(28)12-10-18-9-11-21(22(13-18)30-3)32-15-19-8-6-5-7-17(19)2/h5-13,16H,4,14-15H2,1-3H3,(H,26,27,28). The molecule has 0 radical (unpaired) electrons. The maximum Gasteiger partial charge on any atom is 0.311 e. The number of rotatable bonds is 10. The molecule has 0 aliphatic carbocycles. The zero-order chi connectivity index (χ0) is 23.6. The molecule has 0 unspecified atom stereocenters. The number of hydrogen-bond acceptors (Lipinski definition) is 7. The van der Waals surface area contributed by atoms with E-state index >= 15 is 0 Å². The molecule has 7 nitrogen and oxygen atoms in total. The molecule has 0 bridgehead atoms. The summed E-state index contributed by atoms with van der Waals surface area (Å²) in [5, 5.41) is 4.83. The third-order valence-electron chi connectivity index (χ3n) is 4.67. The summed E-state index contributed by atoms with van der Waals surface area (Å²) in [5.41, 5.74) is 3.61. The van der Waals surface area contributed by atoms with E-state index in [1.165, 1.54) is 17.4 Å². The van der Waals surface area contributed by atoms with E-state index < -0.39 is 0 Å². The second-order valence-corrected chi connectivity index (χ2v) is 7.93. The van der Waals surface area contributed by atoms with Gasteiger partial charge in [0.25, 0.3) is 0 Å². The van der Waals surface area contributed by atoms with Gasteiger partial charge in [-0.2, -0.15) is 0 Å². The molecule has 1 amide bonds. The summed E-state index contributed by atoms with van der Waals surface area (Å²) in [4.78, 5) is 28.0. The van der Waals surface area contributed by atoms with Crippen molar-refractivity contribution in [1.29, 1.82) is 0 Å². The quantitative estimate of drug-likeness (QED) is 0.341. The number of anilines is 1. The molecule has 0 saturated carbocycles. The van der Waals surface area contributed by atoms with Crippen LogP contribution in [0.15, 0.2) is 53.9 Å². The van der Waals surface area contributed by atoms with E-state index in [1.807, 2.05) is 43.3 Å². The highest BCUT2D eigenvalue weighted by molar-refractivity contribution is 7.14. The molecule has 1 N–H and O–H groups in total. The van der Waals surface area contributed by atoms with Crippen LogP contribution in [-0.2, 0) is 27.4 Å². The fraction of sp³-hybridized carbons (Fsp3) is 0.240. The highest BCUT2D eigenvalue weighted by Gasteiger charge is 2.10. The topological polar surface area (TPSA) is 86.8 Å². The Morgan fingerprint density at radius 1 is 1.15 bits per heavy atom. The molecule has 0 fully saturated rings. The van der Waals surface area contributed by atoms with E-state index in [4.69, 9.17) is 14.2 Å². The fourth-order valence-electron chi connectivity index (χ4n) is 2.96. The van der Waals surface area contributed by atoms with Gasteiger partial charge in [-0.1, -0.05) is 30.3 Å². The van der Waals surface area contributed by atoms with Crippen LogP contribution in [0.4, 0.5) is 5.13 Å². The lowest BCUT2D eigenvalue weighted by Crippen LogP contribution is -2.09. The third-order valence-corrected chi connectivity index (χ3v) is 5.48. The van der Waals surface area contributed by atoms with Crippen molar-refractivity contribution in [3.63, 3.8) is 0 Å². The summed E-state index contributed by atoms with van der Waals surface area (Å²) in [7, 11) is 1.58. The predicted octanol–water partition coefficient (Wildman–Crippen LogP) is 4.80. The number of aromatic nitrogens is 1. The van der Waals surface area contributed by atoms with E-state index in [9.17, 15) is 9.59 Å². The molecule has 3 rings (SSSR count). The van der Waals surface area contributed by atoms with Crippen molar-refractivity contribution in [3.8, 4) is 11.5 Å². The Hall–Kier alpha value is -3.65. The molecule has 1 aromatic heterocycles. The lowest BCUT2D eigenvalue weighted by molar-refractivity contribution is -0.142. The zero-order valence-corrected chi connectivity index (χ0v) is 19.6. The minimum atomic E-state index is -0.346. The van der Waals surface area contributed by atoms with Gasteiger partial charge in [-0.3, -0.25) is 14.9 Å². The molecule has 0 spiro atoms. The van der Waals surface area contributed by atoms with Gasteiger partial charge in [-0.25, -0.2) is 4.98 Å².